The number of methoxy groups -OCH3 is 1. The number of fused-ring (bicyclic) bond motifs is 1. The molecule has 4 heteroatoms. The second-order valence-corrected chi connectivity index (χ2v) is 4.73. The van der Waals surface area contributed by atoms with Gasteiger partial charge in [-0.3, -0.25) is 0 Å². The second-order valence-electron chi connectivity index (χ2n) is 4.42. The van der Waals surface area contributed by atoms with Crippen LogP contribution < -0.4 is 4.74 Å². The van der Waals surface area contributed by atoms with Gasteiger partial charge < -0.3 is 9.47 Å². The van der Waals surface area contributed by atoms with Crippen LogP contribution in [-0.4, -0.2) is 19.1 Å². The molecule has 19 heavy (non-hydrogen) atoms. The normalized spacial score (nSPS) is 12.2. The van der Waals surface area contributed by atoms with Crippen LogP contribution in [0.4, 0.5) is 4.79 Å². The maximum absolute atomic E-state index is 10.6. The molecule has 2 rings (SSSR count). The van der Waals surface area contributed by atoms with Gasteiger partial charge >= 0.3 is 5.43 Å². The molecule has 3 nitrogen and oxygen atoms in total. The van der Waals surface area contributed by atoms with E-state index >= 15 is 0 Å². The third kappa shape index (κ3) is 3.38. The Morgan fingerprint density at radius 1 is 1.21 bits per heavy atom. The minimum Gasteiger partial charge on any atom is -0.497 e. The molecule has 0 unspecified atom stereocenters. The Balaban J connectivity index is 2.23. The van der Waals surface area contributed by atoms with E-state index in [1.807, 2.05) is 37.3 Å². The van der Waals surface area contributed by atoms with Crippen molar-refractivity contribution in [1.82, 2.24) is 0 Å². The van der Waals surface area contributed by atoms with Gasteiger partial charge in [0.25, 0.3) is 0 Å². The van der Waals surface area contributed by atoms with Crippen molar-refractivity contribution in [2.45, 2.75) is 12.8 Å². The highest BCUT2D eigenvalue weighted by Crippen LogP contribution is 2.25. The van der Waals surface area contributed by atoms with Crippen LogP contribution in [0.25, 0.3) is 10.8 Å². The third-order valence-corrected chi connectivity index (χ3v) is 3.20. The van der Waals surface area contributed by atoms with Gasteiger partial charge in [-0.25, -0.2) is 4.79 Å². The van der Waals surface area contributed by atoms with E-state index in [4.69, 9.17) is 21.1 Å². The molecule has 0 fully saturated rings. The summed E-state index contributed by atoms with van der Waals surface area (Å²) in [6, 6.07) is 12.1. The van der Waals surface area contributed by atoms with Crippen LogP contribution in [0, 0.1) is 0 Å². The van der Waals surface area contributed by atoms with Crippen LogP contribution >= 0.6 is 11.6 Å². The molecule has 0 spiro atoms. The zero-order chi connectivity index (χ0) is 13.8. The van der Waals surface area contributed by atoms with Gasteiger partial charge in [0.15, 0.2) is 0 Å². The molecule has 0 amide bonds. The first kappa shape index (κ1) is 13.7. The van der Waals surface area contributed by atoms with E-state index in [9.17, 15) is 4.79 Å². The molecule has 0 heterocycles. The van der Waals surface area contributed by atoms with Gasteiger partial charge in [0.1, 0.15) is 5.75 Å². The smallest absolute Gasteiger partial charge is 0.403 e. The van der Waals surface area contributed by atoms with Crippen molar-refractivity contribution in [3.05, 3.63) is 42.0 Å². The molecule has 0 radical (unpaired) electrons. The van der Waals surface area contributed by atoms with Crippen LogP contribution in [0.3, 0.4) is 0 Å². The Labute approximate surface area is 117 Å². The van der Waals surface area contributed by atoms with Crippen LogP contribution in [-0.2, 0) is 4.74 Å². The highest BCUT2D eigenvalue weighted by atomic mass is 35.5. The minimum absolute atomic E-state index is 0.106. The van der Waals surface area contributed by atoms with Crippen molar-refractivity contribution in [3.63, 3.8) is 0 Å². The first-order chi connectivity index (χ1) is 9.10. The summed E-state index contributed by atoms with van der Waals surface area (Å²) in [5, 5.41) is 2.24. The molecule has 0 aliphatic rings. The van der Waals surface area contributed by atoms with Gasteiger partial charge in [-0.15, -0.1) is 0 Å². The lowest BCUT2D eigenvalue weighted by molar-refractivity contribution is 0.167. The summed E-state index contributed by atoms with van der Waals surface area (Å²) in [5.41, 5.74) is 0.341. The first-order valence-electron chi connectivity index (χ1n) is 6.00. The molecule has 2 aromatic rings. The molecule has 1 atom stereocenters. The zero-order valence-electron chi connectivity index (χ0n) is 10.9. The van der Waals surface area contributed by atoms with Crippen LogP contribution in [0.1, 0.15) is 18.4 Å². The van der Waals surface area contributed by atoms with Crippen molar-refractivity contribution in [1.29, 1.82) is 0 Å². The lowest BCUT2D eigenvalue weighted by atomic mass is 9.98. The standard InChI is InChI=1S/C15H15ClO3/c1-10(9-19-15(16)17)11-3-4-13-8-14(18-2)6-5-12(13)7-11/h3-8,10H,9H2,1-2H3/t10-/m1/s1. The van der Waals surface area contributed by atoms with Crippen LogP contribution in [0.2, 0.25) is 0 Å². The maximum atomic E-state index is 10.6. The largest absolute Gasteiger partial charge is 0.497 e. The summed E-state index contributed by atoms with van der Waals surface area (Å²) in [4.78, 5) is 10.6. The maximum Gasteiger partial charge on any atom is 0.403 e. The van der Waals surface area contributed by atoms with Crippen molar-refractivity contribution in [2.24, 2.45) is 0 Å². The molecule has 0 N–H and O–H groups in total. The fraction of sp³-hybridized carbons (Fsp3) is 0.267. The van der Waals surface area contributed by atoms with Gasteiger partial charge in [-0.05, 0) is 28.5 Å². The molecule has 0 saturated heterocycles. The van der Waals surface area contributed by atoms with E-state index in [2.05, 4.69) is 6.07 Å². The van der Waals surface area contributed by atoms with Gasteiger partial charge in [0.05, 0.1) is 13.7 Å². The number of ether oxygens (including phenoxy) is 2. The minimum atomic E-state index is -0.766. The molecule has 0 aliphatic carbocycles. The molecule has 0 bridgehead atoms. The van der Waals surface area contributed by atoms with E-state index in [0.717, 1.165) is 22.1 Å². The van der Waals surface area contributed by atoms with Crippen molar-refractivity contribution >= 4 is 27.8 Å². The number of benzene rings is 2. The Hall–Kier alpha value is -1.74. The summed E-state index contributed by atoms with van der Waals surface area (Å²) in [6.07, 6.45) is 0. The van der Waals surface area contributed by atoms with E-state index in [-0.39, 0.29) is 12.5 Å². The van der Waals surface area contributed by atoms with Gasteiger partial charge in [0, 0.05) is 17.5 Å². The van der Waals surface area contributed by atoms with Crippen molar-refractivity contribution in [3.8, 4) is 5.75 Å². The van der Waals surface area contributed by atoms with Crippen LogP contribution in [0.5, 0.6) is 5.75 Å². The molecule has 100 valence electrons. The Morgan fingerprint density at radius 2 is 1.89 bits per heavy atom. The molecule has 0 saturated carbocycles. The fourth-order valence-corrected chi connectivity index (χ4v) is 2.03. The Kier molecular flexibility index (Phi) is 4.27. The summed E-state index contributed by atoms with van der Waals surface area (Å²) >= 11 is 5.16. The quantitative estimate of drug-likeness (QED) is 0.781. The Morgan fingerprint density at radius 3 is 2.58 bits per heavy atom. The molecule has 2 aromatic carbocycles. The zero-order valence-corrected chi connectivity index (χ0v) is 11.6. The van der Waals surface area contributed by atoms with E-state index in [1.165, 1.54) is 0 Å². The summed E-state index contributed by atoms with van der Waals surface area (Å²) < 4.78 is 10.0. The average Bonchev–Trinajstić information content (AvgIpc) is 2.43. The first-order valence-corrected chi connectivity index (χ1v) is 6.38. The Bertz CT molecular complexity index is 595. The number of hydrogen-bond donors (Lipinski definition) is 0. The number of carbonyl (C=O) groups is 1. The predicted octanol–water partition coefficient (Wildman–Crippen LogP) is 4.33. The van der Waals surface area contributed by atoms with Gasteiger partial charge in [-0.1, -0.05) is 31.2 Å². The molecule has 0 aromatic heterocycles. The average molecular weight is 279 g/mol. The van der Waals surface area contributed by atoms with E-state index in [1.54, 1.807) is 7.11 Å². The summed E-state index contributed by atoms with van der Waals surface area (Å²) in [7, 11) is 1.65. The predicted molar refractivity (Wildman–Crippen MR) is 76.1 cm³/mol. The molecular weight excluding hydrogens is 264 g/mol. The topological polar surface area (TPSA) is 35.5 Å². The SMILES string of the molecule is COc1ccc2cc([C@H](C)COC(=O)Cl)ccc2c1. The van der Waals surface area contributed by atoms with E-state index in [0.29, 0.717) is 0 Å². The summed E-state index contributed by atoms with van der Waals surface area (Å²) in [6.45, 7) is 2.27. The lowest BCUT2D eigenvalue weighted by Crippen LogP contribution is -2.05. The van der Waals surface area contributed by atoms with Crippen LogP contribution in [0.15, 0.2) is 36.4 Å². The van der Waals surface area contributed by atoms with Crippen molar-refractivity contribution < 1.29 is 14.3 Å². The van der Waals surface area contributed by atoms with E-state index < -0.39 is 5.43 Å². The van der Waals surface area contributed by atoms with Gasteiger partial charge in [-0.2, -0.15) is 0 Å². The second kappa shape index (κ2) is 5.93. The third-order valence-electron chi connectivity index (χ3n) is 3.09. The highest BCUT2D eigenvalue weighted by molar-refractivity contribution is 6.61. The molecular formula is C15H15ClO3. The highest BCUT2D eigenvalue weighted by Gasteiger charge is 2.09. The number of rotatable bonds is 4. The number of carbonyl (C=O) groups excluding carboxylic acids is 1. The van der Waals surface area contributed by atoms with Gasteiger partial charge in [0.2, 0.25) is 0 Å². The lowest BCUT2D eigenvalue weighted by Gasteiger charge is -2.12. The number of hydrogen-bond acceptors (Lipinski definition) is 3. The monoisotopic (exact) mass is 278 g/mol. The molecule has 0 aliphatic heterocycles. The van der Waals surface area contributed by atoms with Crippen molar-refractivity contribution in [2.75, 3.05) is 13.7 Å². The number of halogens is 1. The fourth-order valence-electron chi connectivity index (χ4n) is 1.96. The summed E-state index contributed by atoms with van der Waals surface area (Å²) in [5.74, 6) is 0.943.